The van der Waals surface area contributed by atoms with E-state index in [1.165, 1.54) is 18.2 Å². The Hall–Kier alpha value is -2.29. The van der Waals surface area contributed by atoms with Crippen molar-refractivity contribution in [2.45, 2.75) is 19.4 Å². The molecule has 0 bridgehead atoms. The van der Waals surface area contributed by atoms with Crippen molar-refractivity contribution in [1.82, 2.24) is 0 Å². The van der Waals surface area contributed by atoms with Crippen molar-refractivity contribution >= 4 is 5.97 Å². The first-order valence-corrected chi connectivity index (χ1v) is 6.56. The summed E-state index contributed by atoms with van der Waals surface area (Å²) in [5.74, 6) is 0.290. The SMILES string of the molecule is COC(=O)C(C)Oc1ccc(Cc2ccccc2)cc1. The van der Waals surface area contributed by atoms with Crippen molar-refractivity contribution in [2.75, 3.05) is 7.11 Å². The fourth-order valence-electron chi connectivity index (χ4n) is 1.94. The van der Waals surface area contributed by atoms with Crippen molar-refractivity contribution in [3.63, 3.8) is 0 Å². The lowest BCUT2D eigenvalue weighted by atomic mass is 10.1. The Labute approximate surface area is 119 Å². The summed E-state index contributed by atoms with van der Waals surface area (Å²) in [5, 5.41) is 0. The molecule has 0 aromatic heterocycles. The van der Waals surface area contributed by atoms with Gasteiger partial charge in [0, 0.05) is 0 Å². The Kier molecular flexibility index (Phi) is 4.77. The number of hydrogen-bond donors (Lipinski definition) is 0. The molecule has 2 rings (SSSR count). The molecule has 0 fully saturated rings. The predicted octanol–water partition coefficient (Wildman–Crippen LogP) is 3.22. The van der Waals surface area contributed by atoms with Gasteiger partial charge in [0.05, 0.1) is 7.11 Å². The largest absolute Gasteiger partial charge is 0.479 e. The summed E-state index contributed by atoms with van der Waals surface area (Å²) in [5.41, 5.74) is 2.47. The normalized spacial score (nSPS) is 11.7. The van der Waals surface area contributed by atoms with Gasteiger partial charge in [-0.05, 0) is 36.6 Å². The van der Waals surface area contributed by atoms with E-state index in [2.05, 4.69) is 16.9 Å². The van der Waals surface area contributed by atoms with Crippen molar-refractivity contribution < 1.29 is 14.3 Å². The van der Waals surface area contributed by atoms with Crippen LogP contribution in [-0.2, 0) is 16.0 Å². The van der Waals surface area contributed by atoms with Crippen LogP contribution in [0.4, 0.5) is 0 Å². The molecule has 0 heterocycles. The van der Waals surface area contributed by atoms with Crippen molar-refractivity contribution in [2.24, 2.45) is 0 Å². The van der Waals surface area contributed by atoms with E-state index in [1.807, 2.05) is 42.5 Å². The molecule has 3 heteroatoms. The number of rotatable bonds is 5. The first-order valence-electron chi connectivity index (χ1n) is 6.56. The fraction of sp³-hybridized carbons (Fsp3) is 0.235. The van der Waals surface area contributed by atoms with Gasteiger partial charge >= 0.3 is 5.97 Å². The Morgan fingerprint density at radius 1 is 1.00 bits per heavy atom. The minimum Gasteiger partial charge on any atom is -0.479 e. The zero-order valence-electron chi connectivity index (χ0n) is 11.7. The third kappa shape index (κ3) is 3.85. The maximum absolute atomic E-state index is 11.3. The predicted molar refractivity (Wildman–Crippen MR) is 77.8 cm³/mol. The molecule has 0 spiro atoms. The van der Waals surface area contributed by atoms with Crippen LogP contribution in [0.5, 0.6) is 5.75 Å². The number of esters is 1. The highest BCUT2D eigenvalue weighted by Crippen LogP contribution is 2.16. The van der Waals surface area contributed by atoms with E-state index in [0.717, 1.165) is 6.42 Å². The quantitative estimate of drug-likeness (QED) is 0.783. The average Bonchev–Trinajstić information content (AvgIpc) is 2.49. The summed E-state index contributed by atoms with van der Waals surface area (Å²) >= 11 is 0. The summed E-state index contributed by atoms with van der Waals surface area (Å²) in [4.78, 5) is 11.3. The highest BCUT2D eigenvalue weighted by atomic mass is 16.6. The number of benzene rings is 2. The Morgan fingerprint density at radius 2 is 1.60 bits per heavy atom. The summed E-state index contributed by atoms with van der Waals surface area (Å²) in [6.45, 7) is 1.67. The third-order valence-electron chi connectivity index (χ3n) is 3.02. The minimum absolute atomic E-state index is 0.377. The van der Waals surface area contributed by atoms with Crippen LogP contribution >= 0.6 is 0 Å². The molecule has 0 saturated carbocycles. The Morgan fingerprint density at radius 3 is 2.20 bits per heavy atom. The number of carbonyl (C=O) groups excluding carboxylic acids is 1. The molecule has 0 saturated heterocycles. The third-order valence-corrected chi connectivity index (χ3v) is 3.02. The molecule has 1 unspecified atom stereocenters. The van der Waals surface area contributed by atoms with Gasteiger partial charge in [0.2, 0.25) is 0 Å². The number of ether oxygens (including phenoxy) is 2. The van der Waals surface area contributed by atoms with Crippen LogP contribution in [0.3, 0.4) is 0 Å². The highest BCUT2D eigenvalue weighted by molar-refractivity contribution is 5.74. The zero-order valence-corrected chi connectivity index (χ0v) is 11.7. The van der Waals surface area contributed by atoms with E-state index in [4.69, 9.17) is 4.74 Å². The van der Waals surface area contributed by atoms with Gasteiger partial charge in [-0.2, -0.15) is 0 Å². The van der Waals surface area contributed by atoms with Crippen LogP contribution in [0.1, 0.15) is 18.1 Å². The molecule has 0 amide bonds. The Balaban J connectivity index is 1.98. The molecular formula is C17H18O3. The van der Waals surface area contributed by atoms with Gasteiger partial charge in [-0.1, -0.05) is 42.5 Å². The zero-order chi connectivity index (χ0) is 14.4. The molecule has 1 atom stereocenters. The van der Waals surface area contributed by atoms with E-state index < -0.39 is 6.10 Å². The van der Waals surface area contributed by atoms with Crippen LogP contribution in [0.25, 0.3) is 0 Å². The smallest absolute Gasteiger partial charge is 0.346 e. The standard InChI is InChI=1S/C17H18O3/c1-13(17(18)19-2)20-16-10-8-15(9-11-16)12-14-6-4-3-5-7-14/h3-11,13H,12H2,1-2H3. The van der Waals surface area contributed by atoms with Crippen LogP contribution in [0, 0.1) is 0 Å². The van der Waals surface area contributed by atoms with Crippen molar-refractivity contribution in [1.29, 1.82) is 0 Å². The second-order valence-corrected chi connectivity index (χ2v) is 4.59. The Bertz CT molecular complexity index is 546. The van der Waals surface area contributed by atoms with Crippen LogP contribution in [0.15, 0.2) is 54.6 Å². The van der Waals surface area contributed by atoms with E-state index in [9.17, 15) is 4.79 Å². The van der Waals surface area contributed by atoms with Crippen LogP contribution < -0.4 is 4.74 Å². The van der Waals surface area contributed by atoms with Gasteiger partial charge in [-0.15, -0.1) is 0 Å². The van der Waals surface area contributed by atoms with E-state index in [0.29, 0.717) is 5.75 Å². The molecular weight excluding hydrogens is 252 g/mol. The van der Waals surface area contributed by atoms with Crippen LogP contribution in [0.2, 0.25) is 0 Å². The topological polar surface area (TPSA) is 35.5 Å². The molecule has 0 aliphatic heterocycles. The van der Waals surface area contributed by atoms with Crippen LogP contribution in [-0.4, -0.2) is 19.2 Å². The molecule has 0 N–H and O–H groups in total. The maximum atomic E-state index is 11.3. The molecule has 3 nitrogen and oxygen atoms in total. The molecule has 20 heavy (non-hydrogen) atoms. The lowest BCUT2D eigenvalue weighted by molar-refractivity contribution is -0.147. The minimum atomic E-state index is -0.597. The van der Waals surface area contributed by atoms with E-state index >= 15 is 0 Å². The molecule has 0 aliphatic carbocycles. The summed E-state index contributed by atoms with van der Waals surface area (Å²) in [7, 11) is 1.35. The second-order valence-electron chi connectivity index (χ2n) is 4.59. The molecule has 2 aromatic rings. The molecule has 104 valence electrons. The summed E-state index contributed by atoms with van der Waals surface area (Å²) in [6.07, 6.45) is 0.285. The maximum Gasteiger partial charge on any atom is 0.346 e. The summed E-state index contributed by atoms with van der Waals surface area (Å²) < 4.78 is 10.1. The number of methoxy groups -OCH3 is 1. The highest BCUT2D eigenvalue weighted by Gasteiger charge is 2.14. The first-order chi connectivity index (χ1) is 9.69. The van der Waals surface area contributed by atoms with Gasteiger partial charge in [0.1, 0.15) is 5.75 Å². The van der Waals surface area contributed by atoms with Crippen molar-refractivity contribution in [3.05, 3.63) is 65.7 Å². The fourth-order valence-corrected chi connectivity index (χ4v) is 1.94. The average molecular weight is 270 g/mol. The lowest BCUT2D eigenvalue weighted by Crippen LogP contribution is -2.24. The van der Waals surface area contributed by atoms with Gasteiger partial charge in [-0.3, -0.25) is 0 Å². The number of hydrogen-bond acceptors (Lipinski definition) is 3. The van der Waals surface area contributed by atoms with Crippen molar-refractivity contribution in [3.8, 4) is 5.75 Å². The monoisotopic (exact) mass is 270 g/mol. The second kappa shape index (κ2) is 6.75. The summed E-state index contributed by atoms with van der Waals surface area (Å²) in [6, 6.07) is 18.0. The molecule has 0 aliphatic rings. The van der Waals surface area contributed by atoms with Gasteiger partial charge in [0.15, 0.2) is 6.10 Å². The van der Waals surface area contributed by atoms with Gasteiger partial charge in [0.25, 0.3) is 0 Å². The number of carbonyl (C=O) groups is 1. The van der Waals surface area contributed by atoms with E-state index in [1.54, 1.807) is 6.92 Å². The van der Waals surface area contributed by atoms with Gasteiger partial charge < -0.3 is 9.47 Å². The van der Waals surface area contributed by atoms with Gasteiger partial charge in [-0.25, -0.2) is 4.79 Å². The molecule has 2 aromatic carbocycles. The van der Waals surface area contributed by atoms with E-state index in [-0.39, 0.29) is 5.97 Å². The first kappa shape index (κ1) is 14.1. The molecule has 0 radical (unpaired) electrons. The lowest BCUT2D eigenvalue weighted by Gasteiger charge is -2.12.